The van der Waals surface area contributed by atoms with E-state index in [1.54, 1.807) is 18.2 Å². The van der Waals surface area contributed by atoms with Crippen LogP contribution in [-0.4, -0.2) is 12.5 Å². The average Bonchev–Trinajstić information content (AvgIpc) is 2.51. The summed E-state index contributed by atoms with van der Waals surface area (Å²) < 4.78 is 0. The van der Waals surface area contributed by atoms with Crippen LogP contribution in [0.3, 0.4) is 0 Å². The normalized spacial score (nSPS) is 10.3. The molecule has 0 bridgehead atoms. The Balaban J connectivity index is 1.88. The van der Waals surface area contributed by atoms with Crippen LogP contribution in [-0.2, 0) is 11.2 Å². The maximum absolute atomic E-state index is 12.0. The van der Waals surface area contributed by atoms with Gasteiger partial charge >= 0.3 is 0 Å². The molecule has 0 fully saturated rings. The van der Waals surface area contributed by atoms with Crippen molar-refractivity contribution in [3.8, 4) is 0 Å². The van der Waals surface area contributed by atoms with Crippen LogP contribution in [0.25, 0.3) is 0 Å². The number of hydrogen-bond donors (Lipinski definition) is 2. The first kappa shape index (κ1) is 16.7. The lowest BCUT2D eigenvalue weighted by atomic mass is 10.1. The Morgan fingerprint density at radius 2 is 1.73 bits per heavy atom. The van der Waals surface area contributed by atoms with Gasteiger partial charge in [-0.05, 0) is 30.2 Å². The zero-order valence-corrected chi connectivity index (χ0v) is 13.8. The van der Waals surface area contributed by atoms with Gasteiger partial charge in [-0.15, -0.1) is 0 Å². The highest BCUT2D eigenvalue weighted by molar-refractivity contribution is 6.39. The Morgan fingerprint density at radius 3 is 2.41 bits per heavy atom. The zero-order valence-electron chi connectivity index (χ0n) is 12.3. The second-order valence-corrected chi connectivity index (χ2v) is 5.65. The predicted octanol–water partition coefficient (Wildman–Crippen LogP) is 5.00. The topological polar surface area (TPSA) is 41.1 Å². The summed E-state index contributed by atoms with van der Waals surface area (Å²) >= 11 is 12.1. The minimum absolute atomic E-state index is 0.0448. The van der Waals surface area contributed by atoms with Crippen LogP contribution in [0.4, 0.5) is 11.4 Å². The quantitative estimate of drug-likeness (QED) is 0.779. The maximum Gasteiger partial charge on any atom is 0.226 e. The highest BCUT2D eigenvalue weighted by atomic mass is 35.5. The second kappa shape index (κ2) is 8.06. The number of nitrogens with one attached hydrogen (secondary N) is 2. The number of carbonyl (C=O) groups is 1. The minimum Gasteiger partial charge on any atom is -0.382 e. The van der Waals surface area contributed by atoms with E-state index >= 15 is 0 Å². The van der Waals surface area contributed by atoms with Crippen molar-refractivity contribution in [2.24, 2.45) is 0 Å². The molecule has 0 radical (unpaired) electrons. The Hall–Kier alpha value is -1.71. The van der Waals surface area contributed by atoms with Gasteiger partial charge in [0.25, 0.3) is 0 Å². The molecule has 0 aliphatic carbocycles. The molecule has 2 aromatic rings. The molecule has 2 rings (SSSR count). The first-order valence-corrected chi connectivity index (χ1v) is 7.93. The van der Waals surface area contributed by atoms with Gasteiger partial charge in [-0.2, -0.15) is 0 Å². The number of benzene rings is 2. The van der Waals surface area contributed by atoms with Crippen LogP contribution in [0.1, 0.15) is 18.9 Å². The van der Waals surface area contributed by atoms with Crippen molar-refractivity contribution in [3.05, 3.63) is 58.1 Å². The van der Waals surface area contributed by atoms with Crippen LogP contribution in [0.2, 0.25) is 10.0 Å². The van der Waals surface area contributed by atoms with Crippen molar-refractivity contribution in [2.75, 3.05) is 17.2 Å². The smallest absolute Gasteiger partial charge is 0.226 e. The molecule has 0 heterocycles. The highest BCUT2D eigenvalue weighted by Gasteiger charge is 2.08. The number of aryl methyl sites for hydroxylation is 1. The Labute approximate surface area is 140 Å². The Morgan fingerprint density at radius 1 is 1.05 bits per heavy atom. The van der Waals surface area contributed by atoms with E-state index in [4.69, 9.17) is 23.2 Å². The van der Waals surface area contributed by atoms with E-state index < -0.39 is 0 Å². The van der Waals surface area contributed by atoms with Gasteiger partial charge < -0.3 is 10.6 Å². The third kappa shape index (κ3) is 4.39. The summed E-state index contributed by atoms with van der Waals surface area (Å²) in [5.41, 5.74) is 2.65. The lowest BCUT2D eigenvalue weighted by molar-refractivity contribution is -0.115. The predicted molar refractivity (Wildman–Crippen MR) is 94.0 cm³/mol. The molecule has 2 aromatic carbocycles. The summed E-state index contributed by atoms with van der Waals surface area (Å²) in [6.07, 6.45) is 1.21. The molecule has 2 N–H and O–H groups in total. The molecule has 3 nitrogen and oxygen atoms in total. The molecule has 0 unspecified atom stereocenters. The lowest BCUT2D eigenvalue weighted by Gasteiger charge is -2.12. The molecule has 0 aliphatic rings. The summed E-state index contributed by atoms with van der Waals surface area (Å²) in [4.78, 5) is 12.0. The molecular formula is C17H18Cl2N2O. The van der Waals surface area contributed by atoms with Crippen molar-refractivity contribution in [1.82, 2.24) is 0 Å². The monoisotopic (exact) mass is 336 g/mol. The molecule has 22 heavy (non-hydrogen) atoms. The van der Waals surface area contributed by atoms with E-state index in [9.17, 15) is 4.79 Å². The fourth-order valence-corrected chi connectivity index (χ4v) is 2.66. The fraction of sp³-hybridized carbons (Fsp3) is 0.235. The highest BCUT2D eigenvalue weighted by Crippen LogP contribution is 2.29. The summed E-state index contributed by atoms with van der Waals surface area (Å²) in [6.45, 7) is 2.52. The van der Waals surface area contributed by atoms with Crippen molar-refractivity contribution in [1.29, 1.82) is 0 Å². The van der Waals surface area contributed by atoms with E-state index in [1.807, 2.05) is 24.3 Å². The van der Waals surface area contributed by atoms with E-state index in [2.05, 4.69) is 17.6 Å². The van der Waals surface area contributed by atoms with Crippen molar-refractivity contribution in [3.63, 3.8) is 0 Å². The molecule has 0 atom stereocenters. The number of para-hydroxylation sites is 2. The summed E-state index contributed by atoms with van der Waals surface area (Å²) in [5, 5.41) is 7.12. The van der Waals surface area contributed by atoms with Gasteiger partial charge in [-0.25, -0.2) is 0 Å². The molecule has 116 valence electrons. The number of anilines is 2. The maximum atomic E-state index is 12.0. The molecule has 5 heteroatoms. The van der Waals surface area contributed by atoms with Gasteiger partial charge in [0.2, 0.25) is 5.91 Å². The third-order valence-electron chi connectivity index (χ3n) is 3.29. The largest absolute Gasteiger partial charge is 0.382 e. The summed E-state index contributed by atoms with van der Waals surface area (Å²) in [6, 6.07) is 13.1. The number of halogens is 2. The SMILES string of the molecule is CCc1ccccc1NC(=O)CCNc1c(Cl)cccc1Cl. The first-order chi connectivity index (χ1) is 10.6. The van der Waals surface area contributed by atoms with Gasteiger partial charge in [0.05, 0.1) is 15.7 Å². The van der Waals surface area contributed by atoms with Crippen molar-refractivity contribution in [2.45, 2.75) is 19.8 Å². The van der Waals surface area contributed by atoms with Gasteiger partial charge in [-0.3, -0.25) is 4.79 Å². The fourth-order valence-electron chi connectivity index (χ4n) is 2.13. The van der Waals surface area contributed by atoms with E-state index in [1.165, 1.54) is 0 Å². The standard InChI is InChI=1S/C17H18Cl2N2O/c1-2-12-6-3-4-9-15(12)21-16(22)10-11-20-17-13(18)7-5-8-14(17)19/h3-9,20H,2,10-11H2,1H3,(H,21,22). The number of amides is 1. The number of rotatable bonds is 6. The molecule has 0 aromatic heterocycles. The van der Waals surface area contributed by atoms with Crippen molar-refractivity contribution >= 4 is 40.5 Å². The molecule has 0 saturated heterocycles. The summed E-state index contributed by atoms with van der Waals surface area (Å²) in [5.74, 6) is -0.0448. The van der Waals surface area contributed by atoms with Gasteiger partial charge in [0, 0.05) is 18.7 Å². The van der Waals surface area contributed by atoms with Gasteiger partial charge in [0.1, 0.15) is 0 Å². The number of hydrogen-bond acceptors (Lipinski definition) is 2. The Bertz CT molecular complexity index is 639. The minimum atomic E-state index is -0.0448. The van der Waals surface area contributed by atoms with Crippen LogP contribution in [0.15, 0.2) is 42.5 Å². The molecule has 0 saturated carbocycles. The van der Waals surface area contributed by atoms with Crippen molar-refractivity contribution < 1.29 is 4.79 Å². The average molecular weight is 337 g/mol. The molecular weight excluding hydrogens is 319 g/mol. The van der Waals surface area contributed by atoms with Crippen LogP contribution in [0, 0.1) is 0 Å². The molecule has 0 aliphatic heterocycles. The summed E-state index contributed by atoms with van der Waals surface area (Å²) in [7, 11) is 0. The van der Waals surface area contributed by atoms with E-state index in [-0.39, 0.29) is 5.91 Å². The van der Waals surface area contributed by atoms with E-state index in [0.717, 1.165) is 17.7 Å². The second-order valence-electron chi connectivity index (χ2n) is 4.83. The zero-order chi connectivity index (χ0) is 15.9. The molecule has 1 amide bonds. The molecule has 0 spiro atoms. The first-order valence-electron chi connectivity index (χ1n) is 7.17. The van der Waals surface area contributed by atoms with E-state index in [0.29, 0.717) is 28.7 Å². The Kier molecular flexibility index (Phi) is 6.10. The van der Waals surface area contributed by atoms with Gasteiger partial charge in [-0.1, -0.05) is 54.4 Å². The number of carbonyl (C=O) groups excluding carboxylic acids is 1. The van der Waals surface area contributed by atoms with Crippen LogP contribution in [0.5, 0.6) is 0 Å². The third-order valence-corrected chi connectivity index (χ3v) is 3.92. The lowest BCUT2D eigenvalue weighted by Crippen LogP contribution is -2.17. The van der Waals surface area contributed by atoms with Gasteiger partial charge in [0.15, 0.2) is 0 Å². The van der Waals surface area contributed by atoms with Crippen LogP contribution < -0.4 is 10.6 Å². The van der Waals surface area contributed by atoms with Crippen LogP contribution >= 0.6 is 23.2 Å².